The van der Waals surface area contributed by atoms with Gasteiger partial charge in [0.2, 0.25) is 5.91 Å². The Morgan fingerprint density at radius 1 is 1.33 bits per heavy atom. The Labute approximate surface area is 108 Å². The first kappa shape index (κ1) is 15.0. The molecule has 0 aromatic heterocycles. The summed E-state index contributed by atoms with van der Waals surface area (Å²) in [6, 6.07) is -0.365. The Morgan fingerprint density at radius 3 is 2.44 bits per heavy atom. The van der Waals surface area contributed by atoms with E-state index >= 15 is 0 Å². The van der Waals surface area contributed by atoms with Crippen molar-refractivity contribution in [2.45, 2.75) is 58.0 Å². The van der Waals surface area contributed by atoms with Crippen molar-refractivity contribution in [1.29, 1.82) is 0 Å². The van der Waals surface area contributed by atoms with Crippen LogP contribution in [0.1, 0.15) is 46.0 Å². The van der Waals surface area contributed by atoms with Crippen molar-refractivity contribution in [2.24, 2.45) is 5.92 Å². The van der Waals surface area contributed by atoms with E-state index in [4.69, 9.17) is 5.11 Å². The Bertz CT molecular complexity index is 288. The van der Waals surface area contributed by atoms with Gasteiger partial charge in [-0.1, -0.05) is 33.1 Å². The fraction of sp³-hybridized carbons (Fsp3) is 0.846. The maximum atomic E-state index is 11.7. The Hall–Kier alpha value is -1.10. The summed E-state index contributed by atoms with van der Waals surface area (Å²) >= 11 is 0. The summed E-state index contributed by atoms with van der Waals surface area (Å²) in [6.07, 6.45) is 5.38. The molecule has 1 rings (SSSR count). The minimum atomic E-state index is -0.960. The van der Waals surface area contributed by atoms with E-state index in [1.54, 1.807) is 0 Å². The SMILES string of the molecule is CCC(C)C(NC(=O)CNC1CCCC1)C(=O)O. The minimum absolute atomic E-state index is 0.0575. The summed E-state index contributed by atoms with van der Waals surface area (Å²) in [7, 11) is 0. The lowest BCUT2D eigenvalue weighted by Crippen LogP contribution is -2.48. The van der Waals surface area contributed by atoms with Crippen molar-refractivity contribution >= 4 is 11.9 Å². The molecule has 0 radical (unpaired) electrons. The van der Waals surface area contributed by atoms with Crippen LogP contribution in [0.2, 0.25) is 0 Å². The van der Waals surface area contributed by atoms with Crippen molar-refractivity contribution in [2.75, 3.05) is 6.54 Å². The van der Waals surface area contributed by atoms with Crippen LogP contribution in [0.3, 0.4) is 0 Å². The number of carboxylic acids is 1. The van der Waals surface area contributed by atoms with Crippen molar-refractivity contribution in [3.8, 4) is 0 Å². The third kappa shape index (κ3) is 4.64. The van der Waals surface area contributed by atoms with E-state index in [1.807, 2.05) is 13.8 Å². The van der Waals surface area contributed by atoms with E-state index in [0.29, 0.717) is 6.04 Å². The number of nitrogens with one attached hydrogen (secondary N) is 2. The lowest BCUT2D eigenvalue weighted by molar-refractivity contribution is -0.143. The van der Waals surface area contributed by atoms with Crippen LogP contribution in [-0.4, -0.2) is 35.6 Å². The fourth-order valence-electron chi connectivity index (χ4n) is 2.27. The standard InChI is InChI=1S/C13H24N2O3/c1-3-9(2)12(13(17)18)15-11(16)8-14-10-6-4-5-7-10/h9-10,12,14H,3-8H2,1-2H3,(H,15,16)(H,17,18). The van der Waals surface area contributed by atoms with Gasteiger partial charge in [-0.15, -0.1) is 0 Å². The van der Waals surface area contributed by atoms with Crippen LogP contribution in [0.5, 0.6) is 0 Å². The Morgan fingerprint density at radius 2 is 1.94 bits per heavy atom. The number of carboxylic acid groups (broad SMARTS) is 1. The molecule has 3 N–H and O–H groups in total. The fourth-order valence-corrected chi connectivity index (χ4v) is 2.27. The molecule has 2 atom stereocenters. The third-order valence-electron chi connectivity index (χ3n) is 3.70. The highest BCUT2D eigenvalue weighted by Crippen LogP contribution is 2.17. The van der Waals surface area contributed by atoms with Gasteiger partial charge < -0.3 is 15.7 Å². The molecular weight excluding hydrogens is 232 g/mol. The van der Waals surface area contributed by atoms with Crippen LogP contribution in [0.4, 0.5) is 0 Å². The average Bonchev–Trinajstić information content (AvgIpc) is 2.85. The van der Waals surface area contributed by atoms with Gasteiger partial charge in [0.15, 0.2) is 0 Å². The Balaban J connectivity index is 2.33. The molecule has 0 spiro atoms. The normalized spacial score (nSPS) is 19.4. The van der Waals surface area contributed by atoms with Gasteiger partial charge in [-0.2, -0.15) is 0 Å². The summed E-state index contributed by atoms with van der Waals surface area (Å²) in [4.78, 5) is 22.8. The highest BCUT2D eigenvalue weighted by Gasteiger charge is 2.25. The summed E-state index contributed by atoms with van der Waals surface area (Å²) in [5.74, 6) is -1.24. The van der Waals surface area contributed by atoms with Crippen LogP contribution in [0, 0.1) is 5.92 Å². The number of aliphatic carboxylic acids is 1. The second kappa shape index (κ2) is 7.36. The van der Waals surface area contributed by atoms with Crippen molar-refractivity contribution in [3.63, 3.8) is 0 Å². The second-order valence-electron chi connectivity index (χ2n) is 5.13. The first-order valence-electron chi connectivity index (χ1n) is 6.80. The van der Waals surface area contributed by atoms with Crippen LogP contribution in [0.15, 0.2) is 0 Å². The number of amides is 1. The van der Waals surface area contributed by atoms with Gasteiger partial charge in [0, 0.05) is 6.04 Å². The highest BCUT2D eigenvalue weighted by molar-refractivity contribution is 5.84. The third-order valence-corrected chi connectivity index (χ3v) is 3.70. The average molecular weight is 256 g/mol. The first-order valence-corrected chi connectivity index (χ1v) is 6.80. The van der Waals surface area contributed by atoms with Gasteiger partial charge in [0.05, 0.1) is 6.54 Å². The first-order chi connectivity index (χ1) is 8.54. The molecule has 1 aliphatic rings. The predicted octanol–water partition coefficient (Wildman–Crippen LogP) is 1.13. The van der Waals surface area contributed by atoms with Crippen LogP contribution in [0.25, 0.3) is 0 Å². The van der Waals surface area contributed by atoms with Crippen LogP contribution < -0.4 is 10.6 Å². The lowest BCUT2D eigenvalue weighted by atomic mass is 9.99. The molecule has 1 saturated carbocycles. The Kier molecular flexibility index (Phi) is 6.12. The van der Waals surface area contributed by atoms with Crippen LogP contribution >= 0.6 is 0 Å². The summed E-state index contributed by atoms with van der Waals surface area (Å²) < 4.78 is 0. The highest BCUT2D eigenvalue weighted by atomic mass is 16.4. The van der Waals surface area contributed by atoms with E-state index in [1.165, 1.54) is 12.8 Å². The van der Waals surface area contributed by atoms with E-state index in [2.05, 4.69) is 10.6 Å². The zero-order valence-corrected chi connectivity index (χ0v) is 11.2. The maximum absolute atomic E-state index is 11.7. The quantitative estimate of drug-likeness (QED) is 0.638. The summed E-state index contributed by atoms with van der Waals surface area (Å²) in [5, 5.41) is 14.8. The summed E-state index contributed by atoms with van der Waals surface area (Å²) in [5.41, 5.74) is 0. The van der Waals surface area contributed by atoms with Crippen LogP contribution in [-0.2, 0) is 9.59 Å². The topological polar surface area (TPSA) is 78.4 Å². The molecule has 104 valence electrons. The molecule has 0 heterocycles. The molecule has 18 heavy (non-hydrogen) atoms. The van der Waals surface area contributed by atoms with Crippen molar-refractivity contribution < 1.29 is 14.7 Å². The van der Waals surface area contributed by atoms with E-state index in [-0.39, 0.29) is 18.4 Å². The molecular formula is C13H24N2O3. The maximum Gasteiger partial charge on any atom is 0.326 e. The zero-order valence-electron chi connectivity index (χ0n) is 11.2. The van der Waals surface area contributed by atoms with Crippen molar-refractivity contribution in [3.05, 3.63) is 0 Å². The molecule has 0 aromatic carbocycles. The molecule has 0 saturated heterocycles. The van der Waals surface area contributed by atoms with E-state index < -0.39 is 12.0 Å². The molecule has 1 fully saturated rings. The largest absolute Gasteiger partial charge is 0.480 e. The molecule has 0 aromatic rings. The van der Waals surface area contributed by atoms with Crippen molar-refractivity contribution in [1.82, 2.24) is 10.6 Å². The molecule has 1 amide bonds. The van der Waals surface area contributed by atoms with E-state index in [9.17, 15) is 9.59 Å². The molecule has 0 bridgehead atoms. The summed E-state index contributed by atoms with van der Waals surface area (Å²) in [6.45, 7) is 3.97. The number of hydrogen-bond donors (Lipinski definition) is 3. The molecule has 2 unspecified atom stereocenters. The van der Waals surface area contributed by atoms with Gasteiger partial charge >= 0.3 is 5.97 Å². The number of carbonyl (C=O) groups excluding carboxylic acids is 1. The zero-order chi connectivity index (χ0) is 13.5. The molecule has 5 nitrogen and oxygen atoms in total. The smallest absolute Gasteiger partial charge is 0.326 e. The van der Waals surface area contributed by atoms with Gasteiger partial charge in [0.1, 0.15) is 6.04 Å². The second-order valence-corrected chi connectivity index (χ2v) is 5.13. The molecule has 5 heteroatoms. The lowest BCUT2D eigenvalue weighted by Gasteiger charge is -2.20. The molecule has 1 aliphatic carbocycles. The number of carbonyl (C=O) groups is 2. The van der Waals surface area contributed by atoms with E-state index in [0.717, 1.165) is 19.3 Å². The van der Waals surface area contributed by atoms with Gasteiger partial charge in [-0.25, -0.2) is 4.79 Å². The minimum Gasteiger partial charge on any atom is -0.480 e. The predicted molar refractivity (Wildman–Crippen MR) is 69.3 cm³/mol. The van der Waals surface area contributed by atoms with Gasteiger partial charge in [-0.3, -0.25) is 4.79 Å². The number of rotatable bonds is 7. The number of hydrogen-bond acceptors (Lipinski definition) is 3. The molecule has 0 aliphatic heterocycles. The van der Waals surface area contributed by atoms with Gasteiger partial charge in [0.25, 0.3) is 0 Å². The van der Waals surface area contributed by atoms with Gasteiger partial charge in [-0.05, 0) is 18.8 Å². The monoisotopic (exact) mass is 256 g/mol.